The third-order valence-corrected chi connectivity index (χ3v) is 2.99. The Balaban J connectivity index is 2.46. The van der Waals surface area contributed by atoms with Gasteiger partial charge in [0.25, 0.3) is 0 Å². The molecule has 1 aromatic carbocycles. The lowest BCUT2D eigenvalue weighted by atomic mass is 9.96. The standard InChI is InChI=1S/C10H11ClFN/c1-6-2-3-7(12)9(10(6)11)8-4-5-13-8/h2-3,8,13H,4-5H2,1H3/t8-/m0/s1. The zero-order valence-electron chi connectivity index (χ0n) is 7.40. The summed E-state index contributed by atoms with van der Waals surface area (Å²) < 4.78 is 13.4. The van der Waals surface area contributed by atoms with E-state index in [-0.39, 0.29) is 11.9 Å². The van der Waals surface area contributed by atoms with Crippen LogP contribution >= 0.6 is 11.6 Å². The van der Waals surface area contributed by atoms with Crippen molar-refractivity contribution in [2.45, 2.75) is 19.4 Å². The van der Waals surface area contributed by atoms with Crippen molar-refractivity contribution >= 4 is 11.6 Å². The van der Waals surface area contributed by atoms with E-state index in [0.29, 0.717) is 10.6 Å². The molecule has 1 aliphatic heterocycles. The van der Waals surface area contributed by atoms with E-state index >= 15 is 0 Å². The van der Waals surface area contributed by atoms with E-state index in [0.717, 1.165) is 18.5 Å². The highest BCUT2D eigenvalue weighted by Crippen LogP contribution is 2.33. The van der Waals surface area contributed by atoms with Crippen LogP contribution in [-0.2, 0) is 0 Å². The Hall–Kier alpha value is -0.600. The van der Waals surface area contributed by atoms with Gasteiger partial charge < -0.3 is 5.32 Å². The number of aryl methyl sites for hydroxylation is 1. The molecule has 1 fully saturated rings. The average Bonchev–Trinajstić information content (AvgIpc) is 2.02. The minimum absolute atomic E-state index is 0.118. The highest BCUT2D eigenvalue weighted by molar-refractivity contribution is 6.32. The lowest BCUT2D eigenvalue weighted by Gasteiger charge is -2.29. The first-order valence-corrected chi connectivity index (χ1v) is 4.76. The van der Waals surface area contributed by atoms with Crippen LogP contribution in [0.15, 0.2) is 12.1 Å². The first kappa shape index (κ1) is 8.97. The summed E-state index contributed by atoms with van der Waals surface area (Å²) in [5.41, 5.74) is 1.57. The van der Waals surface area contributed by atoms with Gasteiger partial charge >= 0.3 is 0 Å². The van der Waals surface area contributed by atoms with Crippen molar-refractivity contribution in [1.29, 1.82) is 0 Å². The summed E-state index contributed by atoms with van der Waals surface area (Å²) in [7, 11) is 0. The van der Waals surface area contributed by atoms with Crippen molar-refractivity contribution < 1.29 is 4.39 Å². The van der Waals surface area contributed by atoms with E-state index in [1.165, 1.54) is 6.07 Å². The summed E-state index contributed by atoms with van der Waals surface area (Å²) in [5.74, 6) is -0.201. The highest BCUT2D eigenvalue weighted by Gasteiger charge is 2.24. The van der Waals surface area contributed by atoms with Gasteiger partial charge in [-0.3, -0.25) is 0 Å². The SMILES string of the molecule is Cc1ccc(F)c([C@@H]2CCN2)c1Cl. The number of benzene rings is 1. The van der Waals surface area contributed by atoms with Crippen molar-refractivity contribution in [3.8, 4) is 0 Å². The Bertz CT molecular complexity index is 334. The number of hydrogen-bond acceptors (Lipinski definition) is 1. The monoisotopic (exact) mass is 199 g/mol. The largest absolute Gasteiger partial charge is 0.310 e. The smallest absolute Gasteiger partial charge is 0.129 e. The number of hydrogen-bond donors (Lipinski definition) is 1. The lowest BCUT2D eigenvalue weighted by Crippen LogP contribution is -2.35. The Morgan fingerprint density at radius 3 is 2.77 bits per heavy atom. The predicted molar refractivity (Wildman–Crippen MR) is 51.5 cm³/mol. The zero-order valence-corrected chi connectivity index (χ0v) is 8.16. The number of nitrogens with one attached hydrogen (secondary N) is 1. The van der Waals surface area contributed by atoms with Crippen molar-refractivity contribution in [1.82, 2.24) is 5.32 Å². The van der Waals surface area contributed by atoms with Crippen LogP contribution in [0.25, 0.3) is 0 Å². The first-order chi connectivity index (χ1) is 6.20. The molecule has 1 atom stereocenters. The quantitative estimate of drug-likeness (QED) is 0.734. The van der Waals surface area contributed by atoms with Gasteiger partial charge in [-0.2, -0.15) is 0 Å². The molecular formula is C10H11ClFN. The van der Waals surface area contributed by atoms with Gasteiger partial charge in [-0.1, -0.05) is 17.7 Å². The summed E-state index contributed by atoms with van der Waals surface area (Å²) >= 11 is 6.03. The van der Waals surface area contributed by atoms with E-state index < -0.39 is 0 Å². The van der Waals surface area contributed by atoms with Gasteiger partial charge in [-0.05, 0) is 31.5 Å². The molecule has 13 heavy (non-hydrogen) atoms. The molecule has 70 valence electrons. The van der Waals surface area contributed by atoms with Gasteiger partial charge in [-0.25, -0.2) is 4.39 Å². The van der Waals surface area contributed by atoms with E-state index in [2.05, 4.69) is 5.32 Å². The molecule has 0 unspecified atom stereocenters. The summed E-state index contributed by atoms with van der Waals surface area (Å²) in [6.45, 7) is 2.85. The Morgan fingerprint density at radius 1 is 1.54 bits per heavy atom. The van der Waals surface area contributed by atoms with E-state index in [1.807, 2.05) is 6.92 Å². The van der Waals surface area contributed by atoms with E-state index in [4.69, 9.17) is 11.6 Å². The maximum atomic E-state index is 13.4. The third kappa shape index (κ3) is 1.45. The van der Waals surface area contributed by atoms with Gasteiger partial charge in [0.15, 0.2) is 0 Å². The molecule has 0 spiro atoms. The van der Waals surface area contributed by atoms with Crippen LogP contribution in [0.2, 0.25) is 5.02 Å². The third-order valence-electron chi connectivity index (χ3n) is 2.49. The Kier molecular flexibility index (Phi) is 2.26. The molecule has 1 aliphatic rings. The summed E-state index contributed by atoms with van der Waals surface area (Å²) in [6.07, 6.45) is 0.972. The molecule has 0 amide bonds. The molecule has 0 radical (unpaired) electrons. The van der Waals surface area contributed by atoms with Crippen LogP contribution in [-0.4, -0.2) is 6.54 Å². The fourth-order valence-corrected chi connectivity index (χ4v) is 1.82. The van der Waals surface area contributed by atoms with Crippen LogP contribution in [0.5, 0.6) is 0 Å². The van der Waals surface area contributed by atoms with Crippen LogP contribution in [0.4, 0.5) is 4.39 Å². The van der Waals surface area contributed by atoms with Crippen molar-refractivity contribution in [3.05, 3.63) is 34.1 Å². The Labute approximate surface area is 81.9 Å². The molecular weight excluding hydrogens is 189 g/mol. The van der Waals surface area contributed by atoms with Gasteiger partial charge in [0.2, 0.25) is 0 Å². The zero-order chi connectivity index (χ0) is 9.42. The van der Waals surface area contributed by atoms with Crippen LogP contribution in [0.1, 0.15) is 23.6 Å². The summed E-state index contributed by atoms with van der Waals surface area (Å²) in [6, 6.07) is 3.31. The molecule has 1 saturated heterocycles. The second-order valence-electron chi connectivity index (χ2n) is 3.39. The molecule has 1 N–H and O–H groups in total. The topological polar surface area (TPSA) is 12.0 Å². The second-order valence-corrected chi connectivity index (χ2v) is 3.77. The molecule has 1 heterocycles. The molecule has 3 heteroatoms. The van der Waals surface area contributed by atoms with Crippen LogP contribution in [0, 0.1) is 12.7 Å². The summed E-state index contributed by atoms with van der Waals surface area (Å²) in [5, 5.41) is 3.71. The van der Waals surface area contributed by atoms with Crippen LogP contribution < -0.4 is 5.32 Å². The first-order valence-electron chi connectivity index (χ1n) is 4.38. The number of halogens is 2. The maximum absolute atomic E-state index is 13.4. The second kappa shape index (κ2) is 3.28. The molecule has 0 aromatic heterocycles. The molecule has 0 bridgehead atoms. The van der Waals surface area contributed by atoms with Crippen LogP contribution in [0.3, 0.4) is 0 Å². The minimum Gasteiger partial charge on any atom is -0.310 e. The molecule has 2 rings (SSSR count). The van der Waals surface area contributed by atoms with Crippen molar-refractivity contribution in [3.63, 3.8) is 0 Å². The fourth-order valence-electron chi connectivity index (χ4n) is 1.53. The van der Waals surface area contributed by atoms with Gasteiger partial charge in [0.05, 0.1) is 5.02 Å². The van der Waals surface area contributed by atoms with Crippen molar-refractivity contribution in [2.75, 3.05) is 6.54 Å². The molecule has 0 saturated carbocycles. The average molecular weight is 200 g/mol. The maximum Gasteiger partial charge on any atom is 0.129 e. The van der Waals surface area contributed by atoms with E-state index in [9.17, 15) is 4.39 Å². The molecule has 0 aliphatic carbocycles. The normalized spacial score (nSPS) is 21.3. The molecule has 1 aromatic rings. The predicted octanol–water partition coefficient (Wildman–Crippen LogP) is 2.82. The fraction of sp³-hybridized carbons (Fsp3) is 0.400. The van der Waals surface area contributed by atoms with E-state index in [1.54, 1.807) is 6.07 Å². The Morgan fingerprint density at radius 2 is 2.23 bits per heavy atom. The minimum atomic E-state index is -0.201. The lowest BCUT2D eigenvalue weighted by molar-refractivity contribution is 0.370. The van der Waals surface area contributed by atoms with Gasteiger partial charge in [-0.15, -0.1) is 0 Å². The van der Waals surface area contributed by atoms with Gasteiger partial charge in [0.1, 0.15) is 5.82 Å². The summed E-state index contributed by atoms with van der Waals surface area (Å²) in [4.78, 5) is 0. The number of rotatable bonds is 1. The molecule has 1 nitrogen and oxygen atoms in total. The van der Waals surface area contributed by atoms with Crippen molar-refractivity contribution in [2.24, 2.45) is 0 Å². The van der Waals surface area contributed by atoms with Gasteiger partial charge in [0, 0.05) is 11.6 Å². The highest BCUT2D eigenvalue weighted by atomic mass is 35.5.